The summed E-state index contributed by atoms with van der Waals surface area (Å²) in [5.74, 6) is -0.251. The molecule has 0 aliphatic carbocycles. The minimum Gasteiger partial charge on any atom is -0.462 e. The van der Waals surface area contributed by atoms with Crippen LogP contribution in [0.25, 0.3) is 0 Å². The molecule has 88 valence electrons. The standard InChI is InChI=1S/C11H20ClNO2/c1-4-13(5-2)7-6-8-15-11(14)10(3)9-12/h3-9H2,1-2H3. The van der Waals surface area contributed by atoms with Gasteiger partial charge in [-0.1, -0.05) is 20.4 Å². The first-order valence-electron chi connectivity index (χ1n) is 5.28. The molecule has 0 saturated heterocycles. The summed E-state index contributed by atoms with van der Waals surface area (Å²) in [6.45, 7) is 11.2. The molecule has 0 amide bonds. The van der Waals surface area contributed by atoms with Crippen molar-refractivity contribution >= 4 is 17.6 Å². The van der Waals surface area contributed by atoms with E-state index in [-0.39, 0.29) is 11.8 Å². The topological polar surface area (TPSA) is 29.5 Å². The highest BCUT2D eigenvalue weighted by Gasteiger charge is 2.06. The van der Waals surface area contributed by atoms with Gasteiger partial charge in [-0.15, -0.1) is 11.6 Å². The maximum absolute atomic E-state index is 11.1. The molecule has 0 spiro atoms. The largest absolute Gasteiger partial charge is 0.462 e. The molecule has 0 fully saturated rings. The summed E-state index contributed by atoms with van der Waals surface area (Å²) in [6.07, 6.45) is 0.850. The SMILES string of the molecule is C=C(CCl)C(=O)OCCCN(CC)CC. The van der Waals surface area contributed by atoms with Gasteiger partial charge in [-0.25, -0.2) is 4.79 Å². The lowest BCUT2D eigenvalue weighted by Crippen LogP contribution is -2.25. The predicted molar refractivity (Wildman–Crippen MR) is 63.2 cm³/mol. The zero-order chi connectivity index (χ0) is 11.7. The summed E-state index contributed by atoms with van der Waals surface area (Å²) in [7, 11) is 0. The van der Waals surface area contributed by atoms with E-state index in [2.05, 4.69) is 25.3 Å². The molecule has 0 aliphatic rings. The molecule has 0 aromatic heterocycles. The molecule has 3 nitrogen and oxygen atoms in total. The Morgan fingerprint density at radius 1 is 1.40 bits per heavy atom. The minimum atomic E-state index is -0.385. The Morgan fingerprint density at radius 2 is 2.00 bits per heavy atom. The number of rotatable bonds is 8. The van der Waals surface area contributed by atoms with Crippen LogP contribution in [-0.4, -0.2) is 43.0 Å². The zero-order valence-electron chi connectivity index (χ0n) is 9.59. The monoisotopic (exact) mass is 233 g/mol. The highest BCUT2D eigenvalue weighted by Crippen LogP contribution is 1.99. The lowest BCUT2D eigenvalue weighted by molar-refractivity contribution is -0.139. The molecule has 0 bridgehead atoms. The smallest absolute Gasteiger partial charge is 0.334 e. The van der Waals surface area contributed by atoms with Crippen LogP contribution in [-0.2, 0) is 9.53 Å². The van der Waals surface area contributed by atoms with E-state index >= 15 is 0 Å². The van der Waals surface area contributed by atoms with E-state index in [9.17, 15) is 4.79 Å². The van der Waals surface area contributed by atoms with Crippen molar-refractivity contribution < 1.29 is 9.53 Å². The number of carbonyl (C=O) groups excluding carboxylic acids is 1. The number of nitrogens with zero attached hydrogens (tertiary/aromatic N) is 1. The average molecular weight is 234 g/mol. The van der Waals surface area contributed by atoms with E-state index < -0.39 is 0 Å². The van der Waals surface area contributed by atoms with E-state index in [1.54, 1.807) is 0 Å². The van der Waals surface area contributed by atoms with Gasteiger partial charge in [0.05, 0.1) is 12.5 Å². The van der Waals surface area contributed by atoms with Gasteiger partial charge in [0.1, 0.15) is 0 Å². The fourth-order valence-corrected chi connectivity index (χ4v) is 1.26. The van der Waals surface area contributed by atoms with Crippen molar-refractivity contribution in [3.8, 4) is 0 Å². The third-order valence-corrected chi connectivity index (χ3v) is 2.52. The highest BCUT2D eigenvalue weighted by molar-refractivity contribution is 6.22. The third kappa shape index (κ3) is 6.52. The molecule has 0 rings (SSSR count). The Morgan fingerprint density at radius 3 is 2.47 bits per heavy atom. The van der Waals surface area contributed by atoms with Gasteiger partial charge >= 0.3 is 5.97 Å². The summed E-state index contributed by atoms with van der Waals surface area (Å²) < 4.78 is 4.98. The number of alkyl halides is 1. The first-order valence-corrected chi connectivity index (χ1v) is 5.82. The normalized spacial score (nSPS) is 10.4. The maximum Gasteiger partial charge on any atom is 0.334 e. The Labute approximate surface area is 97.0 Å². The predicted octanol–water partition coefficient (Wildman–Crippen LogP) is 2.06. The van der Waals surface area contributed by atoms with Crippen molar-refractivity contribution in [3.63, 3.8) is 0 Å². The van der Waals surface area contributed by atoms with Gasteiger partial charge in [-0.05, 0) is 19.5 Å². The van der Waals surface area contributed by atoms with Gasteiger partial charge in [0.15, 0.2) is 0 Å². The number of esters is 1. The molecule has 0 saturated carbocycles. The number of ether oxygens (including phenoxy) is 1. The summed E-state index contributed by atoms with van der Waals surface area (Å²) >= 11 is 5.45. The van der Waals surface area contributed by atoms with Crippen molar-refractivity contribution in [1.29, 1.82) is 0 Å². The highest BCUT2D eigenvalue weighted by atomic mass is 35.5. The lowest BCUT2D eigenvalue weighted by atomic mass is 10.3. The van der Waals surface area contributed by atoms with Gasteiger partial charge in [-0.2, -0.15) is 0 Å². The van der Waals surface area contributed by atoms with E-state index in [4.69, 9.17) is 16.3 Å². The van der Waals surface area contributed by atoms with Gasteiger partial charge < -0.3 is 9.64 Å². The van der Waals surface area contributed by atoms with Crippen molar-refractivity contribution in [2.45, 2.75) is 20.3 Å². The second kappa shape index (κ2) is 8.74. The molecular formula is C11H20ClNO2. The molecule has 0 aliphatic heterocycles. The number of hydrogen-bond acceptors (Lipinski definition) is 3. The Kier molecular flexibility index (Phi) is 8.43. The van der Waals surface area contributed by atoms with Crippen LogP contribution in [0.5, 0.6) is 0 Å². The molecule has 0 atom stereocenters. The molecule has 0 N–H and O–H groups in total. The fraction of sp³-hybridized carbons (Fsp3) is 0.727. The quantitative estimate of drug-likeness (QED) is 0.278. The van der Waals surface area contributed by atoms with Crippen LogP contribution in [0.4, 0.5) is 0 Å². The van der Waals surface area contributed by atoms with Gasteiger partial charge in [0, 0.05) is 12.1 Å². The molecule has 15 heavy (non-hydrogen) atoms. The minimum absolute atomic E-state index is 0.134. The number of halogens is 1. The first-order chi connectivity index (χ1) is 7.15. The van der Waals surface area contributed by atoms with Crippen LogP contribution >= 0.6 is 11.6 Å². The van der Waals surface area contributed by atoms with Crippen molar-refractivity contribution in [2.24, 2.45) is 0 Å². The van der Waals surface area contributed by atoms with E-state index in [1.807, 2.05) is 0 Å². The second-order valence-corrected chi connectivity index (χ2v) is 3.52. The summed E-state index contributed by atoms with van der Waals surface area (Å²) in [5, 5.41) is 0. The van der Waals surface area contributed by atoms with Gasteiger partial charge in [0.25, 0.3) is 0 Å². The Hall–Kier alpha value is -0.540. The number of carbonyl (C=O) groups is 1. The first kappa shape index (κ1) is 14.5. The van der Waals surface area contributed by atoms with Crippen LogP contribution in [0, 0.1) is 0 Å². The molecule has 0 heterocycles. The maximum atomic E-state index is 11.1. The van der Waals surface area contributed by atoms with Crippen LogP contribution in [0.2, 0.25) is 0 Å². The zero-order valence-corrected chi connectivity index (χ0v) is 10.3. The summed E-state index contributed by atoms with van der Waals surface area (Å²) in [4.78, 5) is 13.4. The lowest BCUT2D eigenvalue weighted by Gasteiger charge is -2.17. The molecule has 0 unspecified atom stereocenters. The van der Waals surface area contributed by atoms with Crippen molar-refractivity contribution in [2.75, 3.05) is 32.1 Å². The molecular weight excluding hydrogens is 214 g/mol. The number of hydrogen-bond donors (Lipinski definition) is 0. The molecule has 0 radical (unpaired) electrons. The fourth-order valence-electron chi connectivity index (χ4n) is 1.15. The van der Waals surface area contributed by atoms with Crippen molar-refractivity contribution in [3.05, 3.63) is 12.2 Å². The average Bonchev–Trinajstić information content (AvgIpc) is 2.27. The van der Waals surface area contributed by atoms with Crippen LogP contribution < -0.4 is 0 Å². The third-order valence-electron chi connectivity index (χ3n) is 2.20. The van der Waals surface area contributed by atoms with E-state index in [0.717, 1.165) is 26.1 Å². The van der Waals surface area contributed by atoms with Gasteiger partial charge in [-0.3, -0.25) is 0 Å². The summed E-state index contributed by atoms with van der Waals surface area (Å²) in [5.41, 5.74) is 0.319. The van der Waals surface area contributed by atoms with E-state index in [1.165, 1.54) is 0 Å². The van der Waals surface area contributed by atoms with Crippen LogP contribution in [0.15, 0.2) is 12.2 Å². The second-order valence-electron chi connectivity index (χ2n) is 3.25. The molecule has 0 aromatic rings. The Bertz CT molecular complexity index is 203. The van der Waals surface area contributed by atoms with Crippen LogP contribution in [0.1, 0.15) is 20.3 Å². The Balaban J connectivity index is 3.54. The van der Waals surface area contributed by atoms with Gasteiger partial charge in [0.2, 0.25) is 0 Å². The van der Waals surface area contributed by atoms with Crippen molar-refractivity contribution in [1.82, 2.24) is 4.90 Å². The van der Waals surface area contributed by atoms with Crippen LogP contribution in [0.3, 0.4) is 0 Å². The molecule has 4 heteroatoms. The summed E-state index contributed by atoms with van der Waals surface area (Å²) in [6, 6.07) is 0. The molecule has 0 aromatic carbocycles. The van der Waals surface area contributed by atoms with E-state index in [0.29, 0.717) is 12.2 Å².